The largest absolute Gasteiger partial charge is 0.295 e. The monoisotopic (exact) mass is 288 g/mol. The second-order valence-corrected chi connectivity index (χ2v) is 4.77. The number of hydrogen-bond acceptors (Lipinski definition) is 2. The predicted octanol–water partition coefficient (Wildman–Crippen LogP) is 5.08. The molecule has 0 aliphatic rings. The highest BCUT2D eigenvalue weighted by atomic mass is 16.1. The fourth-order valence-electron chi connectivity index (χ4n) is 1.14. The van der Waals surface area contributed by atoms with E-state index in [1.54, 1.807) is 13.8 Å². The van der Waals surface area contributed by atoms with Crippen molar-refractivity contribution in [2.24, 2.45) is 0 Å². The Labute approximate surface area is 129 Å². The third kappa shape index (κ3) is 14.3. The van der Waals surface area contributed by atoms with Gasteiger partial charge in [-0.05, 0) is 31.9 Å². The Morgan fingerprint density at radius 1 is 0.857 bits per heavy atom. The van der Waals surface area contributed by atoms with Gasteiger partial charge in [0, 0.05) is 12.8 Å². The van der Waals surface area contributed by atoms with E-state index in [0.29, 0.717) is 24.0 Å². The molecular formula is C19H28O2. The lowest BCUT2D eigenvalue weighted by Gasteiger charge is -1.87. The fraction of sp³-hybridized carbons (Fsp3) is 0.368. The van der Waals surface area contributed by atoms with Gasteiger partial charge in [0.1, 0.15) is 0 Å². The average Bonchev–Trinajstić information content (AvgIpc) is 2.47. The van der Waals surface area contributed by atoms with Crippen molar-refractivity contribution in [1.29, 1.82) is 0 Å². The molecule has 0 unspecified atom stereocenters. The van der Waals surface area contributed by atoms with Crippen LogP contribution >= 0.6 is 0 Å². The fourth-order valence-corrected chi connectivity index (χ4v) is 1.14. The molecule has 0 spiro atoms. The molecule has 0 aromatic heterocycles. The average molecular weight is 288 g/mol. The van der Waals surface area contributed by atoms with Crippen LogP contribution in [0.5, 0.6) is 0 Å². The predicted molar refractivity (Wildman–Crippen MR) is 91.4 cm³/mol. The minimum Gasteiger partial charge on any atom is -0.295 e. The molecule has 0 amide bonds. The molecule has 116 valence electrons. The number of carbonyl (C=O) groups excluding carboxylic acids is 2. The molecule has 0 aliphatic heterocycles. The van der Waals surface area contributed by atoms with Crippen LogP contribution in [0, 0.1) is 6.92 Å². The molecule has 1 rings (SSSR count). The molecule has 0 N–H and O–H groups in total. The van der Waals surface area contributed by atoms with Crippen LogP contribution in [0.15, 0.2) is 54.6 Å². The third-order valence-electron chi connectivity index (χ3n) is 2.53. The summed E-state index contributed by atoms with van der Waals surface area (Å²) in [5, 5.41) is 0. The zero-order valence-corrected chi connectivity index (χ0v) is 14.0. The normalized spacial score (nSPS) is 8.43. The Morgan fingerprint density at radius 2 is 1.19 bits per heavy atom. The summed E-state index contributed by atoms with van der Waals surface area (Å²) < 4.78 is 0. The van der Waals surface area contributed by atoms with Crippen molar-refractivity contribution in [2.75, 3.05) is 0 Å². The lowest BCUT2D eigenvalue weighted by molar-refractivity contribution is -0.116. The molecule has 0 atom stereocenters. The highest BCUT2D eigenvalue weighted by molar-refractivity contribution is 5.94. The van der Waals surface area contributed by atoms with Gasteiger partial charge >= 0.3 is 0 Å². The Hall–Kier alpha value is -1.96. The lowest BCUT2D eigenvalue weighted by atomic mass is 10.2. The van der Waals surface area contributed by atoms with Crippen LogP contribution in [0.25, 0.3) is 0 Å². The summed E-state index contributed by atoms with van der Waals surface area (Å²) in [6.07, 6.45) is 1.16. The highest BCUT2D eigenvalue weighted by Crippen LogP contribution is 1.93. The molecule has 2 nitrogen and oxygen atoms in total. The number of ketones is 2. The molecule has 1 aromatic rings. The van der Waals surface area contributed by atoms with Crippen LogP contribution in [0.2, 0.25) is 0 Å². The van der Waals surface area contributed by atoms with Crippen LogP contribution in [0.4, 0.5) is 0 Å². The quantitative estimate of drug-likeness (QED) is 0.724. The molecule has 2 heteroatoms. The minimum atomic E-state index is 0.153. The van der Waals surface area contributed by atoms with Crippen molar-refractivity contribution in [3.63, 3.8) is 0 Å². The van der Waals surface area contributed by atoms with E-state index in [0.717, 1.165) is 0 Å². The van der Waals surface area contributed by atoms with Crippen LogP contribution in [0.1, 0.15) is 46.1 Å². The van der Waals surface area contributed by atoms with Gasteiger partial charge in [-0.1, -0.05) is 62.9 Å². The van der Waals surface area contributed by atoms with Crippen molar-refractivity contribution in [3.05, 3.63) is 60.2 Å². The van der Waals surface area contributed by atoms with Crippen molar-refractivity contribution in [1.82, 2.24) is 0 Å². The van der Waals surface area contributed by atoms with Gasteiger partial charge in [-0.2, -0.15) is 0 Å². The van der Waals surface area contributed by atoms with Gasteiger partial charge in [0.2, 0.25) is 0 Å². The third-order valence-corrected chi connectivity index (χ3v) is 2.53. The molecule has 0 saturated carbocycles. The summed E-state index contributed by atoms with van der Waals surface area (Å²) in [4.78, 5) is 20.8. The number of carbonyl (C=O) groups is 2. The summed E-state index contributed by atoms with van der Waals surface area (Å²) in [5.41, 5.74) is 2.63. The summed E-state index contributed by atoms with van der Waals surface area (Å²) in [7, 11) is 0. The van der Waals surface area contributed by atoms with Crippen LogP contribution in [-0.2, 0) is 9.59 Å². The molecule has 1 aromatic carbocycles. The number of allylic oxidation sites excluding steroid dienone is 2. The molecule has 0 heterocycles. The number of Topliss-reactive ketones (excluding diaryl/α,β-unsaturated/α-hetero) is 2. The Bertz CT molecular complexity index is 430. The first-order valence-corrected chi connectivity index (χ1v) is 7.15. The number of aryl methyl sites for hydroxylation is 1. The maximum absolute atomic E-state index is 10.4. The first-order valence-electron chi connectivity index (χ1n) is 7.15. The van der Waals surface area contributed by atoms with E-state index in [9.17, 15) is 9.59 Å². The maximum atomic E-state index is 10.4. The molecule has 0 aliphatic carbocycles. The molecule has 21 heavy (non-hydrogen) atoms. The van der Waals surface area contributed by atoms with Gasteiger partial charge in [0.05, 0.1) is 0 Å². The second kappa shape index (κ2) is 13.0. The lowest BCUT2D eigenvalue weighted by Crippen LogP contribution is -1.93. The number of rotatable bonds is 4. The zero-order valence-electron chi connectivity index (χ0n) is 14.0. The highest BCUT2D eigenvalue weighted by Gasteiger charge is 1.94. The summed E-state index contributed by atoms with van der Waals surface area (Å²) in [6.45, 7) is 16.2. The molecule has 0 fully saturated rings. The second-order valence-electron chi connectivity index (χ2n) is 4.77. The van der Waals surface area contributed by atoms with Crippen molar-refractivity contribution in [3.8, 4) is 0 Å². The summed E-state index contributed by atoms with van der Waals surface area (Å²) in [5.74, 6) is 0.306. The van der Waals surface area contributed by atoms with E-state index >= 15 is 0 Å². The first kappa shape index (κ1) is 21.3. The minimum absolute atomic E-state index is 0.153. The first-order chi connectivity index (χ1) is 9.76. The van der Waals surface area contributed by atoms with Gasteiger partial charge < -0.3 is 0 Å². The van der Waals surface area contributed by atoms with Crippen LogP contribution < -0.4 is 0 Å². The smallest absolute Gasteiger partial charge is 0.157 e. The SMILES string of the molecule is C=C(C)C(=O)CC.C=C(C)C(=O)CC.Cc1ccccc1. The molecule has 0 radical (unpaired) electrons. The van der Waals surface area contributed by atoms with Gasteiger partial charge in [-0.3, -0.25) is 9.59 Å². The van der Waals surface area contributed by atoms with Crippen LogP contribution in [0.3, 0.4) is 0 Å². The van der Waals surface area contributed by atoms with Gasteiger partial charge in [-0.25, -0.2) is 0 Å². The molecular weight excluding hydrogens is 260 g/mol. The van der Waals surface area contributed by atoms with Crippen molar-refractivity contribution in [2.45, 2.75) is 47.5 Å². The zero-order chi connectivity index (χ0) is 16.8. The molecule has 0 saturated heterocycles. The van der Waals surface area contributed by atoms with E-state index in [1.807, 2.05) is 32.0 Å². The maximum Gasteiger partial charge on any atom is 0.157 e. The molecule has 0 bridgehead atoms. The van der Waals surface area contributed by atoms with E-state index in [-0.39, 0.29) is 11.6 Å². The Balaban J connectivity index is 0. The summed E-state index contributed by atoms with van der Waals surface area (Å²) >= 11 is 0. The van der Waals surface area contributed by atoms with Crippen molar-refractivity contribution >= 4 is 11.6 Å². The van der Waals surface area contributed by atoms with E-state index in [4.69, 9.17) is 0 Å². The van der Waals surface area contributed by atoms with E-state index in [1.165, 1.54) is 5.56 Å². The van der Waals surface area contributed by atoms with E-state index in [2.05, 4.69) is 32.2 Å². The number of benzene rings is 1. The Morgan fingerprint density at radius 3 is 1.29 bits per heavy atom. The van der Waals surface area contributed by atoms with Gasteiger partial charge in [0.15, 0.2) is 11.6 Å². The standard InChI is InChI=1S/C7H8.2C6H10O/c1-7-5-3-2-4-6-7;2*1-4-6(7)5(2)3/h2-6H,1H3;2*2,4H2,1,3H3. The van der Waals surface area contributed by atoms with Gasteiger partial charge in [0.25, 0.3) is 0 Å². The number of hydrogen-bond donors (Lipinski definition) is 0. The van der Waals surface area contributed by atoms with Gasteiger partial charge in [-0.15, -0.1) is 0 Å². The topological polar surface area (TPSA) is 34.1 Å². The van der Waals surface area contributed by atoms with Crippen molar-refractivity contribution < 1.29 is 9.59 Å². The van der Waals surface area contributed by atoms with E-state index < -0.39 is 0 Å². The summed E-state index contributed by atoms with van der Waals surface area (Å²) in [6, 6.07) is 10.3. The van der Waals surface area contributed by atoms with Crippen LogP contribution in [-0.4, -0.2) is 11.6 Å². The Kier molecular flexibility index (Phi) is 13.3.